The van der Waals surface area contributed by atoms with Gasteiger partial charge < -0.3 is 4.74 Å². The maximum atomic E-state index is 9.59. The number of carbonyl (C=O) groups is 1. The van der Waals surface area contributed by atoms with E-state index in [-0.39, 0.29) is 5.97 Å². The van der Waals surface area contributed by atoms with Gasteiger partial charge in [-0.1, -0.05) is 0 Å². The smallest absolute Gasteiger partial charge is 0.338 e. The van der Waals surface area contributed by atoms with E-state index in [0.717, 1.165) is 0 Å². The molecule has 1 rings (SSSR count). The zero-order valence-corrected chi connectivity index (χ0v) is 5.00. The fraction of sp³-hybridized carbons (Fsp3) is 0. The van der Waals surface area contributed by atoms with Gasteiger partial charge in [0.15, 0.2) is 0 Å². The maximum Gasteiger partial charge on any atom is 0.338 e. The molecule has 0 spiro atoms. The SMILES string of the molecule is O=C1C=CO1.O=S(O)O. The Morgan fingerprint density at radius 3 is 1.78 bits per heavy atom. The van der Waals surface area contributed by atoms with E-state index in [4.69, 9.17) is 13.3 Å². The standard InChI is InChI=1S/C3H2O2.H2O3S/c4-3-1-2-5-3;1-4(2)3/h1-2H;(H2,1,2,3). The Morgan fingerprint density at radius 2 is 1.78 bits per heavy atom. The van der Waals surface area contributed by atoms with E-state index in [1.807, 2.05) is 0 Å². The van der Waals surface area contributed by atoms with Crippen LogP contribution in [0.3, 0.4) is 0 Å². The van der Waals surface area contributed by atoms with Crippen LogP contribution in [0.1, 0.15) is 0 Å². The van der Waals surface area contributed by atoms with Gasteiger partial charge in [0, 0.05) is 0 Å². The van der Waals surface area contributed by atoms with E-state index >= 15 is 0 Å². The van der Waals surface area contributed by atoms with Crippen molar-refractivity contribution in [1.82, 2.24) is 0 Å². The second-order valence-electron chi connectivity index (χ2n) is 0.970. The Labute approximate surface area is 53.4 Å². The monoisotopic (exact) mass is 152 g/mol. The van der Waals surface area contributed by atoms with Crippen LogP contribution in [0.4, 0.5) is 0 Å². The third-order valence-corrected chi connectivity index (χ3v) is 0.388. The molecule has 0 fully saturated rings. The molecule has 0 aromatic rings. The van der Waals surface area contributed by atoms with E-state index in [9.17, 15) is 4.79 Å². The summed E-state index contributed by atoms with van der Waals surface area (Å²) in [5.41, 5.74) is 0. The van der Waals surface area contributed by atoms with E-state index in [0.29, 0.717) is 0 Å². The van der Waals surface area contributed by atoms with Crippen molar-refractivity contribution in [2.24, 2.45) is 0 Å². The van der Waals surface area contributed by atoms with Crippen molar-refractivity contribution in [2.75, 3.05) is 0 Å². The molecule has 0 unspecified atom stereocenters. The van der Waals surface area contributed by atoms with Crippen molar-refractivity contribution in [2.45, 2.75) is 0 Å². The predicted molar refractivity (Wildman–Crippen MR) is 28.6 cm³/mol. The topological polar surface area (TPSA) is 83.8 Å². The van der Waals surface area contributed by atoms with Gasteiger partial charge in [-0.25, -0.2) is 4.79 Å². The number of cyclic esters (lactones) is 1. The second-order valence-corrected chi connectivity index (χ2v) is 1.43. The molecule has 0 radical (unpaired) electrons. The van der Waals surface area contributed by atoms with E-state index in [1.165, 1.54) is 12.3 Å². The summed E-state index contributed by atoms with van der Waals surface area (Å²) in [4.78, 5) is 9.59. The van der Waals surface area contributed by atoms with Gasteiger partial charge in [0.2, 0.25) is 0 Å². The summed E-state index contributed by atoms with van der Waals surface area (Å²) in [6.07, 6.45) is 2.71. The van der Waals surface area contributed by atoms with Crippen LogP contribution in [0.25, 0.3) is 0 Å². The fourth-order valence-electron chi connectivity index (χ4n) is 0.124. The molecule has 1 aliphatic heterocycles. The van der Waals surface area contributed by atoms with E-state index in [1.54, 1.807) is 0 Å². The summed E-state index contributed by atoms with van der Waals surface area (Å²) < 4.78 is 26.9. The van der Waals surface area contributed by atoms with Crippen molar-refractivity contribution >= 4 is 17.3 Å². The first-order valence-corrected chi connectivity index (χ1v) is 2.86. The molecule has 0 saturated carbocycles. The van der Waals surface area contributed by atoms with Gasteiger partial charge in [0.05, 0.1) is 6.08 Å². The van der Waals surface area contributed by atoms with Crippen LogP contribution < -0.4 is 0 Å². The molecule has 0 bridgehead atoms. The van der Waals surface area contributed by atoms with Gasteiger partial charge >= 0.3 is 5.97 Å². The van der Waals surface area contributed by atoms with Crippen molar-refractivity contribution in [3.8, 4) is 0 Å². The molecule has 52 valence electrons. The Morgan fingerprint density at radius 1 is 1.56 bits per heavy atom. The molecular formula is C3H4O5S. The van der Waals surface area contributed by atoms with Gasteiger partial charge in [0.1, 0.15) is 6.26 Å². The van der Waals surface area contributed by atoms with Crippen molar-refractivity contribution < 1.29 is 22.8 Å². The molecule has 0 amide bonds. The summed E-state index contributed by atoms with van der Waals surface area (Å²) in [6, 6.07) is 0. The first kappa shape index (κ1) is 8.28. The third-order valence-electron chi connectivity index (χ3n) is 0.388. The van der Waals surface area contributed by atoms with Crippen LogP contribution >= 0.6 is 0 Å². The Kier molecular flexibility index (Phi) is 3.85. The lowest BCUT2D eigenvalue weighted by Gasteiger charge is -1.96. The summed E-state index contributed by atoms with van der Waals surface area (Å²) in [5.74, 6) is -0.245. The lowest BCUT2D eigenvalue weighted by atomic mass is 10.6. The molecule has 5 nitrogen and oxygen atoms in total. The third kappa shape index (κ3) is 7.28. The van der Waals surface area contributed by atoms with Gasteiger partial charge in [-0.3, -0.25) is 9.11 Å². The first-order chi connectivity index (χ1) is 4.13. The zero-order chi connectivity index (χ0) is 7.28. The van der Waals surface area contributed by atoms with Crippen LogP contribution in [0.15, 0.2) is 12.3 Å². The molecule has 1 heterocycles. The Bertz CT molecular complexity index is 146. The van der Waals surface area contributed by atoms with Gasteiger partial charge in [0.25, 0.3) is 11.4 Å². The number of hydrogen-bond donors (Lipinski definition) is 2. The minimum absolute atomic E-state index is 0.245. The van der Waals surface area contributed by atoms with Crippen molar-refractivity contribution in [3.63, 3.8) is 0 Å². The van der Waals surface area contributed by atoms with Crippen LogP contribution in [-0.2, 0) is 20.9 Å². The normalized spacial score (nSPS) is 13.4. The fourth-order valence-corrected chi connectivity index (χ4v) is 0.124. The highest BCUT2D eigenvalue weighted by atomic mass is 32.2. The molecule has 0 aliphatic carbocycles. The lowest BCUT2D eigenvalue weighted by molar-refractivity contribution is -0.136. The molecule has 1 aliphatic rings. The quantitative estimate of drug-likeness (QED) is 0.369. The predicted octanol–water partition coefficient (Wildman–Crippen LogP) is -0.262. The molecule has 0 atom stereocenters. The zero-order valence-electron chi connectivity index (χ0n) is 4.18. The molecule has 6 heteroatoms. The molecule has 0 aromatic heterocycles. The summed E-state index contributed by atoms with van der Waals surface area (Å²) in [7, 11) is 0. The molecule has 0 aromatic carbocycles. The molecular weight excluding hydrogens is 148 g/mol. The Balaban J connectivity index is 0.000000148. The van der Waals surface area contributed by atoms with Gasteiger partial charge in [-0.2, -0.15) is 4.21 Å². The van der Waals surface area contributed by atoms with Crippen LogP contribution in [0, 0.1) is 0 Å². The molecule has 2 N–H and O–H groups in total. The minimum Gasteiger partial charge on any atom is -0.431 e. The number of rotatable bonds is 0. The maximum absolute atomic E-state index is 9.59. The van der Waals surface area contributed by atoms with Crippen LogP contribution in [0.5, 0.6) is 0 Å². The molecule has 9 heavy (non-hydrogen) atoms. The van der Waals surface area contributed by atoms with Gasteiger partial charge in [-0.05, 0) is 0 Å². The number of carbonyl (C=O) groups excluding carboxylic acids is 1. The van der Waals surface area contributed by atoms with Crippen molar-refractivity contribution in [3.05, 3.63) is 12.3 Å². The number of ether oxygens (including phenoxy) is 1. The minimum atomic E-state index is -2.61. The average molecular weight is 152 g/mol. The highest BCUT2D eigenvalue weighted by Gasteiger charge is 1.99. The first-order valence-electron chi connectivity index (χ1n) is 1.80. The largest absolute Gasteiger partial charge is 0.431 e. The van der Waals surface area contributed by atoms with E-state index < -0.39 is 11.4 Å². The summed E-state index contributed by atoms with van der Waals surface area (Å²) in [5, 5.41) is 0. The number of hydrogen-bond acceptors (Lipinski definition) is 3. The summed E-state index contributed by atoms with van der Waals surface area (Å²) in [6.45, 7) is 0. The average Bonchev–Trinajstić information content (AvgIpc) is 1.59. The van der Waals surface area contributed by atoms with Crippen LogP contribution in [0.2, 0.25) is 0 Å². The van der Waals surface area contributed by atoms with Crippen molar-refractivity contribution in [1.29, 1.82) is 0 Å². The Hall–Kier alpha value is -0.720. The molecule has 0 saturated heterocycles. The van der Waals surface area contributed by atoms with Gasteiger partial charge in [-0.15, -0.1) is 0 Å². The highest BCUT2D eigenvalue weighted by molar-refractivity contribution is 7.73. The highest BCUT2D eigenvalue weighted by Crippen LogP contribution is 1.91. The van der Waals surface area contributed by atoms with E-state index in [2.05, 4.69) is 4.74 Å². The lowest BCUT2D eigenvalue weighted by Crippen LogP contribution is -2.01. The summed E-state index contributed by atoms with van der Waals surface area (Å²) >= 11 is -2.61. The second kappa shape index (κ2) is 4.19. The van der Waals surface area contributed by atoms with Crippen LogP contribution in [-0.4, -0.2) is 19.3 Å². The number of esters is 1.